The van der Waals surface area contributed by atoms with Gasteiger partial charge in [0.2, 0.25) is 0 Å². The molecule has 9 nitrogen and oxygen atoms in total. The van der Waals surface area contributed by atoms with Gasteiger partial charge in [0.25, 0.3) is 11.8 Å². The van der Waals surface area contributed by atoms with E-state index in [9.17, 15) is 14.4 Å². The van der Waals surface area contributed by atoms with Crippen LogP contribution in [0.5, 0.6) is 5.75 Å². The Kier molecular flexibility index (Phi) is 5.27. The van der Waals surface area contributed by atoms with Crippen molar-refractivity contribution in [2.24, 2.45) is 11.3 Å². The van der Waals surface area contributed by atoms with Crippen molar-refractivity contribution in [3.05, 3.63) is 59.0 Å². The molecule has 2 bridgehead atoms. The van der Waals surface area contributed by atoms with E-state index in [-0.39, 0.29) is 41.9 Å². The second-order valence-corrected chi connectivity index (χ2v) is 10.1. The van der Waals surface area contributed by atoms with Crippen LogP contribution < -0.4 is 15.4 Å². The minimum atomic E-state index is -0.389. The Morgan fingerprint density at radius 3 is 2.66 bits per heavy atom. The number of fused-ring (bicyclic) bond motifs is 5. The predicted octanol–water partition coefficient (Wildman–Crippen LogP) is 2.82. The monoisotopic (exact) mass is 473 g/mol. The van der Waals surface area contributed by atoms with Gasteiger partial charge >= 0.3 is 5.97 Å². The zero-order valence-corrected chi connectivity index (χ0v) is 19.4. The van der Waals surface area contributed by atoms with E-state index in [0.717, 1.165) is 17.0 Å². The zero-order chi connectivity index (χ0) is 24.0. The number of hydrogen-bond donors (Lipinski definition) is 2. The van der Waals surface area contributed by atoms with E-state index in [1.54, 1.807) is 18.3 Å². The fraction of sp³-hybridized carbons (Fsp3) is 0.423. The summed E-state index contributed by atoms with van der Waals surface area (Å²) in [6.45, 7) is 0.910. The molecule has 180 valence electrons. The van der Waals surface area contributed by atoms with Gasteiger partial charge < -0.3 is 15.4 Å². The summed E-state index contributed by atoms with van der Waals surface area (Å²) in [6, 6.07) is 8.56. The summed E-state index contributed by atoms with van der Waals surface area (Å²) in [4.78, 5) is 42.0. The van der Waals surface area contributed by atoms with Gasteiger partial charge in [-0.25, -0.2) is 9.50 Å². The molecular formula is C26H27N5O4. The van der Waals surface area contributed by atoms with Crippen LogP contribution in [0.4, 0.5) is 0 Å². The molecule has 2 aromatic heterocycles. The first-order valence-corrected chi connectivity index (χ1v) is 12.2. The lowest BCUT2D eigenvalue weighted by molar-refractivity contribution is -0.131. The number of ether oxygens (including phenoxy) is 1. The van der Waals surface area contributed by atoms with Crippen LogP contribution >= 0.6 is 0 Å². The summed E-state index contributed by atoms with van der Waals surface area (Å²) < 4.78 is 6.59. The molecule has 1 aliphatic heterocycles. The molecule has 0 saturated heterocycles. The fourth-order valence-corrected chi connectivity index (χ4v) is 5.72. The van der Waals surface area contributed by atoms with E-state index in [0.29, 0.717) is 23.6 Å². The fourth-order valence-electron chi connectivity index (χ4n) is 5.72. The summed E-state index contributed by atoms with van der Waals surface area (Å²) in [5, 5.41) is 10.2. The maximum atomic E-state index is 13.2. The molecule has 3 aliphatic carbocycles. The molecule has 2 N–H and O–H groups in total. The second-order valence-electron chi connectivity index (χ2n) is 10.1. The maximum absolute atomic E-state index is 13.2. The van der Waals surface area contributed by atoms with Gasteiger partial charge in [-0.2, -0.15) is 5.10 Å². The average Bonchev–Trinajstić information content (AvgIpc) is 3.51. The second kappa shape index (κ2) is 8.48. The van der Waals surface area contributed by atoms with E-state index < -0.39 is 0 Å². The molecular weight excluding hydrogens is 446 g/mol. The number of aromatic nitrogens is 3. The quantitative estimate of drug-likeness (QED) is 0.420. The van der Waals surface area contributed by atoms with Crippen molar-refractivity contribution < 1.29 is 19.1 Å². The molecule has 9 heteroatoms. The average molecular weight is 474 g/mol. The van der Waals surface area contributed by atoms with Crippen molar-refractivity contribution in [3.8, 4) is 5.75 Å². The number of carbonyl (C=O) groups is 3. The number of carbonyl (C=O) groups excluding carboxylic acids is 3. The highest BCUT2D eigenvalue weighted by Crippen LogP contribution is 2.49. The third kappa shape index (κ3) is 4.15. The molecule has 3 aromatic rings. The third-order valence-corrected chi connectivity index (χ3v) is 7.83. The van der Waals surface area contributed by atoms with E-state index in [1.165, 1.54) is 49.1 Å². The summed E-state index contributed by atoms with van der Waals surface area (Å²) in [5.41, 5.74) is 2.74. The Morgan fingerprint density at radius 2 is 1.86 bits per heavy atom. The van der Waals surface area contributed by atoms with Crippen molar-refractivity contribution in [2.75, 3.05) is 6.54 Å². The normalized spacial score (nSPS) is 22.6. The highest BCUT2D eigenvalue weighted by atomic mass is 16.5. The lowest BCUT2D eigenvalue weighted by atomic mass is 9.61. The molecule has 35 heavy (non-hydrogen) atoms. The van der Waals surface area contributed by atoms with Gasteiger partial charge in [-0.3, -0.25) is 14.4 Å². The van der Waals surface area contributed by atoms with Gasteiger partial charge in [0, 0.05) is 30.8 Å². The van der Waals surface area contributed by atoms with Crippen LogP contribution in [0.2, 0.25) is 0 Å². The smallest absolute Gasteiger partial charge is 0.315 e. The van der Waals surface area contributed by atoms with Gasteiger partial charge in [-0.15, -0.1) is 0 Å². The van der Waals surface area contributed by atoms with Gasteiger partial charge in [0.15, 0.2) is 5.65 Å². The van der Waals surface area contributed by atoms with Crippen LogP contribution in [0.1, 0.15) is 70.6 Å². The van der Waals surface area contributed by atoms with Crippen molar-refractivity contribution >= 4 is 23.4 Å². The molecule has 4 aliphatic rings. The first kappa shape index (κ1) is 21.8. The van der Waals surface area contributed by atoms with Crippen molar-refractivity contribution in [1.29, 1.82) is 0 Å². The number of benzene rings is 1. The molecule has 0 radical (unpaired) electrons. The first-order chi connectivity index (χ1) is 17.0. The first-order valence-electron chi connectivity index (χ1n) is 12.2. The Morgan fingerprint density at radius 1 is 1.06 bits per heavy atom. The Labute approximate surface area is 202 Å². The predicted molar refractivity (Wildman–Crippen MR) is 126 cm³/mol. The summed E-state index contributed by atoms with van der Waals surface area (Å²) in [6.07, 6.45) is 9.07. The minimum Gasteiger partial charge on any atom is -0.426 e. The van der Waals surface area contributed by atoms with Crippen LogP contribution in [0.25, 0.3) is 5.65 Å². The van der Waals surface area contributed by atoms with E-state index in [1.807, 2.05) is 12.1 Å². The molecule has 0 spiro atoms. The van der Waals surface area contributed by atoms with Gasteiger partial charge in [0.1, 0.15) is 17.1 Å². The lowest BCUT2D eigenvalue weighted by Crippen LogP contribution is -2.43. The molecule has 1 aromatic carbocycles. The molecule has 3 fully saturated rings. The number of rotatable bonds is 6. The summed E-state index contributed by atoms with van der Waals surface area (Å²) in [5.74, 6) is 0.515. The third-order valence-electron chi connectivity index (χ3n) is 7.83. The zero-order valence-electron chi connectivity index (χ0n) is 19.4. The largest absolute Gasteiger partial charge is 0.426 e. The molecule has 3 heterocycles. The van der Waals surface area contributed by atoms with Crippen LogP contribution in [-0.2, 0) is 17.8 Å². The molecule has 3 saturated carbocycles. The number of esters is 1. The number of hydrogen-bond acceptors (Lipinski definition) is 6. The lowest BCUT2D eigenvalue weighted by Gasteiger charge is -2.46. The van der Waals surface area contributed by atoms with Crippen LogP contribution in [0.3, 0.4) is 0 Å². The van der Waals surface area contributed by atoms with E-state index >= 15 is 0 Å². The molecule has 0 unspecified atom stereocenters. The SMILES string of the molecule is O=C1Cc2cc(CNC(=O)c3cc(C(=O)NCC45CCC(CC4)CC5)n4nccc4n3)ccc2O1. The highest BCUT2D eigenvalue weighted by Gasteiger charge is 2.40. The Balaban J connectivity index is 1.17. The standard InChI is InChI=1S/C26H27N5O4/c32-23-12-18-11-17(1-2-21(18)35-23)14-27-24(33)19-13-20(31-22(30-19)6-10-29-31)25(34)28-15-26-7-3-16(4-8-26)5-9-26/h1-2,6,10-11,13,16H,3-5,7-9,12,14-15H2,(H,27,33)(H,28,34). The van der Waals surface area contributed by atoms with Gasteiger partial charge in [-0.1, -0.05) is 6.07 Å². The Hall–Kier alpha value is -3.75. The molecule has 2 amide bonds. The van der Waals surface area contributed by atoms with Crippen LogP contribution in [0, 0.1) is 11.3 Å². The van der Waals surface area contributed by atoms with Crippen molar-refractivity contribution in [2.45, 2.75) is 51.5 Å². The summed E-state index contributed by atoms with van der Waals surface area (Å²) in [7, 11) is 0. The molecule has 7 rings (SSSR count). The Bertz CT molecular complexity index is 1320. The number of amides is 2. The number of nitrogens with one attached hydrogen (secondary N) is 2. The van der Waals surface area contributed by atoms with Crippen LogP contribution in [-0.4, -0.2) is 38.9 Å². The topological polar surface area (TPSA) is 115 Å². The minimum absolute atomic E-state index is 0.152. The van der Waals surface area contributed by atoms with Crippen LogP contribution in [0.15, 0.2) is 36.5 Å². The maximum Gasteiger partial charge on any atom is 0.315 e. The number of nitrogens with zero attached hydrogens (tertiary/aromatic N) is 3. The van der Waals surface area contributed by atoms with Gasteiger partial charge in [0.05, 0.1) is 12.6 Å². The molecule has 0 atom stereocenters. The van der Waals surface area contributed by atoms with E-state index in [4.69, 9.17) is 4.74 Å². The van der Waals surface area contributed by atoms with Crippen molar-refractivity contribution in [3.63, 3.8) is 0 Å². The highest BCUT2D eigenvalue weighted by molar-refractivity contribution is 5.98. The van der Waals surface area contributed by atoms with Crippen molar-refractivity contribution in [1.82, 2.24) is 25.2 Å². The van der Waals surface area contributed by atoms with Gasteiger partial charge in [-0.05, 0) is 67.6 Å². The summed E-state index contributed by atoms with van der Waals surface area (Å²) >= 11 is 0. The van der Waals surface area contributed by atoms with E-state index in [2.05, 4.69) is 20.7 Å².